The van der Waals surface area contributed by atoms with Crippen molar-refractivity contribution in [1.82, 2.24) is 4.98 Å². The van der Waals surface area contributed by atoms with Crippen LogP contribution in [-0.4, -0.2) is 11.6 Å². The number of H-pyrrole nitrogens is 1. The van der Waals surface area contributed by atoms with Crippen LogP contribution in [0.3, 0.4) is 0 Å². The molecule has 0 amide bonds. The molecule has 0 saturated heterocycles. The number of aromatic nitrogens is 1. The number of aromatic amines is 1. The molecule has 4 rings (SSSR count). The Morgan fingerprint density at radius 3 is 2.48 bits per heavy atom. The SMILES string of the molecule is CCC[C]1OCCc2c1[nH]c1c(F)ccc(-c3ccc(C(F)(F)F)cc3)c21. The minimum atomic E-state index is -4.38. The molecule has 0 fully saturated rings. The van der Waals surface area contributed by atoms with E-state index >= 15 is 0 Å². The van der Waals surface area contributed by atoms with Gasteiger partial charge in [-0.05, 0) is 47.7 Å². The lowest BCUT2D eigenvalue weighted by molar-refractivity contribution is -0.137. The molecule has 1 aliphatic heterocycles. The lowest BCUT2D eigenvalue weighted by Gasteiger charge is -2.22. The summed E-state index contributed by atoms with van der Waals surface area (Å²) in [6, 6.07) is 7.96. The first-order valence-electron chi connectivity index (χ1n) is 8.89. The van der Waals surface area contributed by atoms with Crippen LogP contribution < -0.4 is 0 Å². The Labute approximate surface area is 154 Å². The van der Waals surface area contributed by atoms with Crippen LogP contribution in [0.2, 0.25) is 0 Å². The molecule has 1 N–H and O–H groups in total. The number of fused-ring (bicyclic) bond motifs is 3. The molecule has 0 bridgehead atoms. The molecule has 2 aromatic carbocycles. The normalized spacial score (nSPS) is 15.3. The van der Waals surface area contributed by atoms with Crippen molar-refractivity contribution < 1.29 is 22.3 Å². The summed E-state index contributed by atoms with van der Waals surface area (Å²) in [4.78, 5) is 3.15. The number of benzene rings is 2. The minimum absolute atomic E-state index is 0.372. The first-order chi connectivity index (χ1) is 12.9. The van der Waals surface area contributed by atoms with Gasteiger partial charge in [0, 0.05) is 5.39 Å². The highest BCUT2D eigenvalue weighted by atomic mass is 19.4. The van der Waals surface area contributed by atoms with Gasteiger partial charge in [-0.1, -0.05) is 31.5 Å². The Hall–Kier alpha value is -2.34. The monoisotopic (exact) mass is 376 g/mol. The van der Waals surface area contributed by atoms with Crippen LogP contribution in [0.1, 0.15) is 36.6 Å². The van der Waals surface area contributed by atoms with Crippen LogP contribution in [0.4, 0.5) is 17.6 Å². The van der Waals surface area contributed by atoms with E-state index < -0.39 is 11.7 Å². The molecule has 27 heavy (non-hydrogen) atoms. The Morgan fingerprint density at radius 1 is 1.07 bits per heavy atom. The van der Waals surface area contributed by atoms with E-state index in [-0.39, 0.29) is 5.82 Å². The van der Waals surface area contributed by atoms with Gasteiger partial charge in [0.25, 0.3) is 0 Å². The molecule has 6 heteroatoms. The molecule has 1 radical (unpaired) electrons. The highest BCUT2D eigenvalue weighted by Gasteiger charge is 2.31. The van der Waals surface area contributed by atoms with Crippen LogP contribution in [0.25, 0.3) is 22.0 Å². The quantitative estimate of drug-likeness (QED) is 0.537. The van der Waals surface area contributed by atoms with E-state index in [9.17, 15) is 17.6 Å². The van der Waals surface area contributed by atoms with Crippen molar-refractivity contribution in [3.8, 4) is 11.1 Å². The zero-order valence-electron chi connectivity index (χ0n) is 14.7. The van der Waals surface area contributed by atoms with Crippen LogP contribution >= 0.6 is 0 Å². The summed E-state index contributed by atoms with van der Waals surface area (Å²) in [6.45, 7) is 2.56. The highest BCUT2D eigenvalue weighted by molar-refractivity contribution is 5.99. The summed E-state index contributed by atoms with van der Waals surface area (Å²) >= 11 is 0. The van der Waals surface area contributed by atoms with Gasteiger partial charge >= 0.3 is 6.18 Å². The predicted octanol–water partition coefficient (Wildman–Crippen LogP) is 6.25. The second-order valence-corrected chi connectivity index (χ2v) is 6.67. The van der Waals surface area contributed by atoms with Crippen molar-refractivity contribution in [3.63, 3.8) is 0 Å². The van der Waals surface area contributed by atoms with E-state index in [0.717, 1.165) is 53.3 Å². The predicted molar refractivity (Wildman–Crippen MR) is 95.6 cm³/mol. The summed E-state index contributed by atoms with van der Waals surface area (Å²) in [5.74, 6) is -0.383. The Kier molecular flexibility index (Phi) is 4.46. The Bertz CT molecular complexity index is 972. The van der Waals surface area contributed by atoms with Crippen molar-refractivity contribution >= 4 is 10.9 Å². The van der Waals surface area contributed by atoms with E-state index in [1.54, 1.807) is 6.07 Å². The first-order valence-corrected chi connectivity index (χ1v) is 8.89. The van der Waals surface area contributed by atoms with Crippen molar-refractivity contribution in [2.24, 2.45) is 0 Å². The fourth-order valence-electron chi connectivity index (χ4n) is 3.68. The zero-order valence-corrected chi connectivity index (χ0v) is 14.7. The lowest BCUT2D eigenvalue weighted by atomic mass is 9.94. The van der Waals surface area contributed by atoms with E-state index in [4.69, 9.17) is 4.74 Å². The van der Waals surface area contributed by atoms with Crippen molar-refractivity contribution in [2.45, 2.75) is 32.4 Å². The van der Waals surface area contributed by atoms with Gasteiger partial charge in [0.1, 0.15) is 11.9 Å². The molecule has 2 heterocycles. The maximum atomic E-state index is 14.5. The maximum Gasteiger partial charge on any atom is 0.416 e. The number of rotatable bonds is 3. The van der Waals surface area contributed by atoms with Gasteiger partial charge < -0.3 is 9.72 Å². The molecule has 1 aromatic heterocycles. The first kappa shape index (κ1) is 18.0. The largest absolute Gasteiger partial charge is 0.416 e. The number of hydrogen-bond donors (Lipinski definition) is 1. The van der Waals surface area contributed by atoms with Gasteiger partial charge in [-0.2, -0.15) is 13.2 Å². The highest BCUT2D eigenvalue weighted by Crippen LogP contribution is 2.40. The maximum absolute atomic E-state index is 14.5. The summed E-state index contributed by atoms with van der Waals surface area (Å²) in [5.41, 5.74) is 2.78. The third-order valence-electron chi connectivity index (χ3n) is 4.92. The molecule has 0 unspecified atom stereocenters. The molecular weight excluding hydrogens is 358 g/mol. The van der Waals surface area contributed by atoms with Crippen LogP contribution in [0.5, 0.6) is 0 Å². The molecule has 2 nitrogen and oxygen atoms in total. The summed E-state index contributed by atoms with van der Waals surface area (Å²) in [7, 11) is 0. The Balaban J connectivity index is 1.88. The third-order valence-corrected chi connectivity index (χ3v) is 4.92. The number of halogens is 4. The van der Waals surface area contributed by atoms with E-state index in [0.29, 0.717) is 24.1 Å². The fourth-order valence-corrected chi connectivity index (χ4v) is 3.68. The van der Waals surface area contributed by atoms with E-state index in [1.807, 2.05) is 6.92 Å². The number of nitrogens with one attached hydrogen (secondary N) is 1. The molecular formula is C21H18F4NO. The zero-order chi connectivity index (χ0) is 19.2. The molecule has 0 atom stereocenters. The molecule has 1 aliphatic rings. The molecule has 0 saturated carbocycles. The number of hydrogen-bond acceptors (Lipinski definition) is 1. The van der Waals surface area contributed by atoms with E-state index in [1.165, 1.54) is 18.2 Å². The minimum Gasteiger partial charge on any atom is -0.365 e. The second kappa shape index (κ2) is 6.68. The van der Waals surface area contributed by atoms with Gasteiger partial charge in [0.05, 0.1) is 23.4 Å². The standard InChI is InChI=1S/C21H18F4NO/c1-2-3-17-19-15(10-11-27-17)18-14(8-9-16(22)20(18)26-19)12-4-6-13(7-5-12)21(23,24)25/h4-9,26H,2-3,10-11H2,1H3. The summed E-state index contributed by atoms with van der Waals surface area (Å²) in [6.07, 6.45) is -1.30. The Morgan fingerprint density at radius 2 is 1.81 bits per heavy atom. The second-order valence-electron chi connectivity index (χ2n) is 6.67. The van der Waals surface area contributed by atoms with Gasteiger partial charge in [-0.15, -0.1) is 0 Å². The molecule has 0 spiro atoms. The molecule has 141 valence electrons. The van der Waals surface area contributed by atoms with Crippen LogP contribution in [-0.2, 0) is 17.3 Å². The molecule has 0 aliphatic carbocycles. The van der Waals surface area contributed by atoms with Gasteiger partial charge in [0.15, 0.2) is 0 Å². The van der Waals surface area contributed by atoms with Gasteiger partial charge in [0.2, 0.25) is 0 Å². The lowest BCUT2D eigenvalue weighted by Crippen LogP contribution is -2.16. The number of ether oxygens (including phenoxy) is 1. The van der Waals surface area contributed by atoms with Crippen LogP contribution in [0, 0.1) is 11.9 Å². The smallest absolute Gasteiger partial charge is 0.365 e. The number of alkyl halides is 3. The average Bonchev–Trinajstić information content (AvgIpc) is 3.04. The van der Waals surface area contributed by atoms with E-state index in [2.05, 4.69) is 4.98 Å². The summed E-state index contributed by atoms with van der Waals surface area (Å²) in [5, 5.41) is 0.724. The average molecular weight is 376 g/mol. The topological polar surface area (TPSA) is 25.0 Å². The van der Waals surface area contributed by atoms with Crippen molar-refractivity contribution in [3.05, 3.63) is 65.1 Å². The van der Waals surface area contributed by atoms with Crippen molar-refractivity contribution in [1.29, 1.82) is 0 Å². The molecule has 3 aromatic rings. The van der Waals surface area contributed by atoms with Gasteiger partial charge in [-0.25, -0.2) is 4.39 Å². The summed E-state index contributed by atoms with van der Waals surface area (Å²) < 4.78 is 58.8. The van der Waals surface area contributed by atoms with Gasteiger partial charge in [-0.3, -0.25) is 0 Å². The third kappa shape index (κ3) is 3.12. The fraction of sp³-hybridized carbons (Fsp3) is 0.286. The van der Waals surface area contributed by atoms with Crippen LogP contribution in [0.15, 0.2) is 36.4 Å². The van der Waals surface area contributed by atoms with Crippen molar-refractivity contribution in [2.75, 3.05) is 6.61 Å².